The van der Waals surface area contributed by atoms with E-state index in [0.29, 0.717) is 13.0 Å². The molecule has 5 heteroatoms. The molecule has 0 aromatic heterocycles. The van der Waals surface area contributed by atoms with Crippen molar-refractivity contribution in [2.45, 2.75) is 25.6 Å². The Morgan fingerprint density at radius 1 is 1.86 bits per heavy atom. The minimum atomic E-state index is -1.75. The number of esters is 1. The van der Waals surface area contributed by atoms with Crippen molar-refractivity contribution in [2.24, 2.45) is 5.92 Å². The predicted molar refractivity (Wildman–Crippen MR) is 45.0 cm³/mol. The Balaban J connectivity index is 2.55. The summed E-state index contributed by atoms with van der Waals surface area (Å²) in [7, 11) is 0. The van der Waals surface area contributed by atoms with E-state index in [4.69, 9.17) is 10.00 Å². The Morgan fingerprint density at radius 2 is 2.57 bits per heavy atom. The lowest BCUT2D eigenvalue weighted by molar-refractivity contribution is -0.151. The first-order chi connectivity index (χ1) is 6.70. The van der Waals surface area contributed by atoms with E-state index in [1.54, 1.807) is 6.92 Å². The summed E-state index contributed by atoms with van der Waals surface area (Å²) >= 11 is 0. The van der Waals surface area contributed by atoms with Crippen molar-refractivity contribution in [3.8, 4) is 6.07 Å². The van der Waals surface area contributed by atoms with E-state index in [-0.39, 0.29) is 6.61 Å². The van der Waals surface area contributed by atoms with Crippen LogP contribution < -0.4 is 0 Å². The molecule has 0 N–H and O–H groups in total. The van der Waals surface area contributed by atoms with Gasteiger partial charge in [-0.05, 0) is 13.3 Å². The lowest BCUT2D eigenvalue weighted by Crippen LogP contribution is -2.32. The summed E-state index contributed by atoms with van der Waals surface area (Å²) in [6.45, 7) is 2.07. The molecule has 3 atom stereocenters. The van der Waals surface area contributed by atoms with Crippen molar-refractivity contribution >= 4 is 5.97 Å². The highest BCUT2D eigenvalue weighted by atomic mass is 19.1. The molecule has 0 amide bonds. The second-order valence-corrected chi connectivity index (χ2v) is 3.03. The predicted octanol–water partition coefficient (Wildman–Crippen LogP) is 0.816. The van der Waals surface area contributed by atoms with Crippen LogP contribution in [0.5, 0.6) is 0 Å². The van der Waals surface area contributed by atoms with Gasteiger partial charge in [-0.1, -0.05) is 0 Å². The second-order valence-electron chi connectivity index (χ2n) is 3.03. The SMILES string of the molecule is CCOC(=O)C(F)[C@@H]1CCO[C@H]1C#N. The maximum Gasteiger partial charge on any atom is 0.341 e. The van der Waals surface area contributed by atoms with Crippen molar-refractivity contribution < 1.29 is 18.7 Å². The number of carbonyl (C=O) groups excluding carboxylic acids is 1. The number of carbonyl (C=O) groups is 1. The van der Waals surface area contributed by atoms with Crippen LogP contribution in [0.2, 0.25) is 0 Å². The largest absolute Gasteiger partial charge is 0.464 e. The summed E-state index contributed by atoms with van der Waals surface area (Å²) in [4.78, 5) is 11.0. The molecule has 0 aromatic rings. The third-order valence-corrected chi connectivity index (χ3v) is 2.15. The number of hydrogen-bond acceptors (Lipinski definition) is 4. The van der Waals surface area contributed by atoms with E-state index >= 15 is 0 Å². The van der Waals surface area contributed by atoms with Gasteiger partial charge in [-0.25, -0.2) is 9.18 Å². The molecular weight excluding hydrogens is 189 g/mol. The molecule has 1 fully saturated rings. The molecular formula is C9H12FNO3. The Hall–Kier alpha value is -1.15. The van der Waals surface area contributed by atoms with Crippen LogP contribution in [-0.2, 0) is 14.3 Å². The Labute approximate surface area is 81.6 Å². The molecule has 0 aliphatic carbocycles. The zero-order valence-electron chi connectivity index (χ0n) is 7.90. The Kier molecular flexibility index (Phi) is 3.84. The first kappa shape index (κ1) is 10.9. The lowest BCUT2D eigenvalue weighted by atomic mass is 9.97. The Bertz CT molecular complexity index is 251. The maximum atomic E-state index is 13.4. The minimum Gasteiger partial charge on any atom is -0.464 e. The molecule has 0 radical (unpaired) electrons. The van der Waals surface area contributed by atoms with Crippen LogP contribution in [-0.4, -0.2) is 31.5 Å². The summed E-state index contributed by atoms with van der Waals surface area (Å²) in [6, 6.07) is 1.82. The summed E-state index contributed by atoms with van der Waals surface area (Å²) in [5.74, 6) is -1.58. The average Bonchev–Trinajstić information content (AvgIpc) is 2.64. The van der Waals surface area contributed by atoms with Gasteiger partial charge in [0.25, 0.3) is 0 Å². The van der Waals surface area contributed by atoms with Crippen LogP contribution in [0.4, 0.5) is 4.39 Å². The van der Waals surface area contributed by atoms with Gasteiger partial charge in [0.15, 0.2) is 0 Å². The molecule has 1 unspecified atom stereocenters. The fourth-order valence-electron chi connectivity index (χ4n) is 1.44. The first-order valence-corrected chi connectivity index (χ1v) is 4.52. The van der Waals surface area contributed by atoms with E-state index in [1.165, 1.54) is 0 Å². The third kappa shape index (κ3) is 2.20. The molecule has 0 bridgehead atoms. The molecule has 14 heavy (non-hydrogen) atoms. The summed E-state index contributed by atoms with van der Waals surface area (Å²) in [5, 5.41) is 8.60. The highest BCUT2D eigenvalue weighted by Gasteiger charge is 2.39. The number of alkyl halides is 1. The van der Waals surface area contributed by atoms with Gasteiger partial charge in [0, 0.05) is 12.5 Å². The standard InChI is InChI=1S/C9H12FNO3/c1-2-13-9(12)8(10)6-3-4-14-7(6)5-11/h6-8H,2-4H2,1H3/t6-,7+,8?/m1/s1. The molecule has 1 saturated heterocycles. The highest BCUT2D eigenvalue weighted by Crippen LogP contribution is 2.26. The van der Waals surface area contributed by atoms with Crippen LogP contribution in [0.3, 0.4) is 0 Å². The molecule has 1 aliphatic rings. The third-order valence-electron chi connectivity index (χ3n) is 2.15. The lowest BCUT2D eigenvalue weighted by Gasteiger charge is -2.15. The van der Waals surface area contributed by atoms with Crippen LogP contribution >= 0.6 is 0 Å². The summed E-state index contributed by atoms with van der Waals surface area (Å²) in [6.07, 6.45) is -2.19. The number of rotatable bonds is 3. The molecule has 0 aromatic carbocycles. The summed E-state index contributed by atoms with van der Waals surface area (Å²) < 4.78 is 22.9. The first-order valence-electron chi connectivity index (χ1n) is 4.52. The Morgan fingerprint density at radius 3 is 3.14 bits per heavy atom. The molecule has 1 aliphatic heterocycles. The highest BCUT2D eigenvalue weighted by molar-refractivity contribution is 5.75. The van der Waals surface area contributed by atoms with Crippen molar-refractivity contribution in [2.75, 3.05) is 13.2 Å². The van der Waals surface area contributed by atoms with Crippen LogP contribution in [0.25, 0.3) is 0 Å². The van der Waals surface area contributed by atoms with Crippen LogP contribution in [0.15, 0.2) is 0 Å². The number of halogens is 1. The van der Waals surface area contributed by atoms with Gasteiger partial charge >= 0.3 is 5.97 Å². The number of ether oxygens (including phenoxy) is 2. The van der Waals surface area contributed by atoms with E-state index in [2.05, 4.69) is 4.74 Å². The molecule has 1 rings (SSSR count). The van der Waals surface area contributed by atoms with Crippen molar-refractivity contribution in [1.29, 1.82) is 5.26 Å². The van der Waals surface area contributed by atoms with Gasteiger partial charge in [-0.3, -0.25) is 0 Å². The smallest absolute Gasteiger partial charge is 0.341 e. The van der Waals surface area contributed by atoms with E-state index < -0.39 is 24.2 Å². The van der Waals surface area contributed by atoms with Gasteiger partial charge in [0.2, 0.25) is 6.17 Å². The van der Waals surface area contributed by atoms with Gasteiger partial charge in [-0.2, -0.15) is 5.26 Å². The van der Waals surface area contributed by atoms with E-state index in [0.717, 1.165) is 0 Å². The fraction of sp³-hybridized carbons (Fsp3) is 0.778. The molecule has 0 spiro atoms. The fourth-order valence-corrected chi connectivity index (χ4v) is 1.44. The zero-order chi connectivity index (χ0) is 10.6. The molecule has 1 heterocycles. The second kappa shape index (κ2) is 4.91. The summed E-state index contributed by atoms with van der Waals surface area (Å²) in [5.41, 5.74) is 0. The number of hydrogen-bond donors (Lipinski definition) is 0. The van der Waals surface area contributed by atoms with Crippen molar-refractivity contribution in [3.05, 3.63) is 0 Å². The number of nitriles is 1. The normalized spacial score (nSPS) is 28.1. The monoisotopic (exact) mass is 201 g/mol. The topological polar surface area (TPSA) is 59.3 Å². The van der Waals surface area contributed by atoms with E-state index in [9.17, 15) is 9.18 Å². The molecule has 4 nitrogen and oxygen atoms in total. The van der Waals surface area contributed by atoms with Gasteiger partial charge in [0.05, 0.1) is 12.7 Å². The quantitative estimate of drug-likeness (QED) is 0.634. The number of nitrogens with zero attached hydrogens (tertiary/aromatic N) is 1. The van der Waals surface area contributed by atoms with E-state index in [1.807, 2.05) is 6.07 Å². The van der Waals surface area contributed by atoms with Gasteiger partial charge in [0.1, 0.15) is 6.10 Å². The van der Waals surface area contributed by atoms with Gasteiger partial charge < -0.3 is 9.47 Å². The van der Waals surface area contributed by atoms with Crippen molar-refractivity contribution in [1.82, 2.24) is 0 Å². The average molecular weight is 201 g/mol. The van der Waals surface area contributed by atoms with Crippen molar-refractivity contribution in [3.63, 3.8) is 0 Å². The zero-order valence-corrected chi connectivity index (χ0v) is 7.90. The molecule has 78 valence electrons. The molecule has 0 saturated carbocycles. The van der Waals surface area contributed by atoms with Crippen LogP contribution in [0, 0.1) is 17.2 Å². The minimum absolute atomic E-state index is 0.143. The maximum absolute atomic E-state index is 13.4. The van der Waals surface area contributed by atoms with Gasteiger partial charge in [-0.15, -0.1) is 0 Å². The van der Waals surface area contributed by atoms with Crippen LogP contribution in [0.1, 0.15) is 13.3 Å².